The van der Waals surface area contributed by atoms with Crippen LogP contribution in [0.2, 0.25) is 0 Å². The van der Waals surface area contributed by atoms with Crippen LogP contribution in [-0.2, 0) is 11.8 Å². The minimum atomic E-state index is -0.775. The van der Waals surface area contributed by atoms with Crippen molar-refractivity contribution in [1.29, 1.82) is 0 Å². The third-order valence-electron chi connectivity index (χ3n) is 2.47. The average molecular weight is 227 g/mol. The van der Waals surface area contributed by atoms with Crippen molar-refractivity contribution in [3.8, 4) is 0 Å². The Labute approximate surface area is 91.9 Å². The Morgan fingerprint density at radius 3 is 3.20 bits per heavy atom. The van der Waals surface area contributed by atoms with Gasteiger partial charge in [0.25, 0.3) is 0 Å². The lowest BCUT2D eigenvalue weighted by atomic mass is 10.2. The summed E-state index contributed by atoms with van der Waals surface area (Å²) in [6.07, 6.45) is 2.40. The molecular weight excluding hydrogens is 214 g/mol. The molecular formula is C9H13N3O2S. The zero-order chi connectivity index (χ0) is 10.8. The number of hydrogen-bond acceptors (Lipinski definition) is 4. The molecule has 2 atom stereocenters. The quantitative estimate of drug-likeness (QED) is 0.774. The molecule has 1 aromatic heterocycles. The number of hydrogen-bond donors (Lipinski definition) is 2. The molecule has 1 saturated heterocycles. The van der Waals surface area contributed by atoms with Crippen molar-refractivity contribution in [3.63, 3.8) is 0 Å². The Bertz CT molecular complexity index is 366. The van der Waals surface area contributed by atoms with E-state index in [1.807, 2.05) is 13.1 Å². The fraction of sp³-hybridized carbons (Fsp3) is 0.556. The van der Waals surface area contributed by atoms with Crippen molar-refractivity contribution < 1.29 is 9.90 Å². The number of rotatable bonds is 2. The van der Waals surface area contributed by atoms with E-state index < -0.39 is 12.0 Å². The number of nitrogens with one attached hydrogen (secondary N) is 1. The van der Waals surface area contributed by atoms with Gasteiger partial charge < -0.3 is 5.11 Å². The minimum Gasteiger partial charge on any atom is -0.480 e. The van der Waals surface area contributed by atoms with Crippen LogP contribution in [0.5, 0.6) is 0 Å². The highest BCUT2D eigenvalue weighted by Gasteiger charge is 2.28. The molecule has 5 nitrogen and oxygen atoms in total. The molecule has 0 aliphatic carbocycles. The minimum absolute atomic E-state index is 0.0346. The van der Waals surface area contributed by atoms with E-state index in [1.165, 1.54) is 0 Å². The van der Waals surface area contributed by atoms with Gasteiger partial charge in [-0.25, -0.2) is 0 Å². The van der Waals surface area contributed by atoms with Crippen molar-refractivity contribution >= 4 is 17.7 Å². The lowest BCUT2D eigenvalue weighted by molar-refractivity contribution is -0.139. The van der Waals surface area contributed by atoms with Gasteiger partial charge in [0.2, 0.25) is 0 Å². The van der Waals surface area contributed by atoms with Crippen LogP contribution in [0, 0.1) is 0 Å². The zero-order valence-electron chi connectivity index (χ0n) is 8.38. The summed E-state index contributed by atoms with van der Waals surface area (Å²) in [6.45, 7) is 0. The SMILES string of the molecule is Cn1nccc1C1NC(C(=O)O)CCS1. The third-order valence-corrected chi connectivity index (χ3v) is 3.65. The van der Waals surface area contributed by atoms with Crippen molar-refractivity contribution in [3.05, 3.63) is 18.0 Å². The Morgan fingerprint density at radius 1 is 1.80 bits per heavy atom. The molecule has 1 aliphatic heterocycles. The number of carboxylic acid groups (broad SMARTS) is 1. The summed E-state index contributed by atoms with van der Waals surface area (Å²) >= 11 is 1.72. The summed E-state index contributed by atoms with van der Waals surface area (Å²) in [6, 6.07) is 1.47. The van der Waals surface area contributed by atoms with Crippen LogP contribution in [0.15, 0.2) is 12.3 Å². The third kappa shape index (κ3) is 2.15. The first kappa shape index (κ1) is 10.5. The first-order valence-corrected chi connectivity index (χ1v) is 5.81. The number of carboxylic acids is 1. The molecule has 2 heterocycles. The van der Waals surface area contributed by atoms with Crippen molar-refractivity contribution in [2.24, 2.45) is 7.05 Å². The van der Waals surface area contributed by atoms with Gasteiger partial charge in [0.1, 0.15) is 6.04 Å². The second kappa shape index (κ2) is 4.24. The van der Waals surface area contributed by atoms with E-state index in [1.54, 1.807) is 22.6 Å². The van der Waals surface area contributed by atoms with Gasteiger partial charge >= 0.3 is 5.97 Å². The van der Waals surface area contributed by atoms with E-state index >= 15 is 0 Å². The van der Waals surface area contributed by atoms with Crippen LogP contribution < -0.4 is 5.32 Å². The fourth-order valence-corrected chi connectivity index (χ4v) is 2.89. The average Bonchev–Trinajstić information content (AvgIpc) is 2.64. The number of nitrogens with zero attached hydrogens (tertiary/aromatic N) is 2. The maximum absolute atomic E-state index is 10.9. The van der Waals surface area contributed by atoms with Crippen LogP contribution in [-0.4, -0.2) is 32.7 Å². The molecule has 0 saturated carbocycles. The predicted molar refractivity (Wildman–Crippen MR) is 57.6 cm³/mol. The molecule has 1 fully saturated rings. The van der Waals surface area contributed by atoms with E-state index in [4.69, 9.17) is 5.11 Å². The molecule has 2 unspecified atom stereocenters. The summed E-state index contributed by atoms with van der Waals surface area (Å²) in [7, 11) is 1.86. The molecule has 2 N–H and O–H groups in total. The van der Waals surface area contributed by atoms with Crippen LogP contribution >= 0.6 is 11.8 Å². The smallest absolute Gasteiger partial charge is 0.320 e. The molecule has 0 aromatic carbocycles. The van der Waals surface area contributed by atoms with Crippen molar-refractivity contribution in [2.75, 3.05) is 5.75 Å². The summed E-state index contributed by atoms with van der Waals surface area (Å²) < 4.78 is 1.77. The largest absolute Gasteiger partial charge is 0.480 e. The Kier molecular flexibility index (Phi) is 2.97. The second-order valence-electron chi connectivity index (χ2n) is 3.48. The molecule has 0 radical (unpaired) electrons. The van der Waals surface area contributed by atoms with E-state index in [-0.39, 0.29) is 5.37 Å². The number of aromatic nitrogens is 2. The first-order chi connectivity index (χ1) is 7.18. The first-order valence-electron chi connectivity index (χ1n) is 4.77. The Morgan fingerprint density at radius 2 is 2.60 bits per heavy atom. The maximum atomic E-state index is 10.9. The van der Waals surface area contributed by atoms with Gasteiger partial charge in [0.05, 0.1) is 11.1 Å². The number of carbonyl (C=O) groups is 1. The summed E-state index contributed by atoms with van der Waals surface area (Å²) in [5, 5.41) is 16.1. The molecule has 0 amide bonds. The van der Waals surface area contributed by atoms with Crippen LogP contribution in [0.3, 0.4) is 0 Å². The van der Waals surface area contributed by atoms with E-state index in [0.29, 0.717) is 6.42 Å². The molecule has 0 bridgehead atoms. The lowest BCUT2D eigenvalue weighted by Crippen LogP contribution is -2.42. The second-order valence-corrected chi connectivity index (χ2v) is 4.69. The van der Waals surface area contributed by atoms with Crippen LogP contribution in [0.4, 0.5) is 0 Å². The standard InChI is InChI=1S/C9H13N3O2S/c1-12-7(2-4-10-12)8-11-6(9(13)14)3-5-15-8/h2,4,6,8,11H,3,5H2,1H3,(H,13,14). The predicted octanol–water partition coefficient (Wildman–Crippen LogP) is 0.598. The molecule has 1 aliphatic rings. The number of thioether (sulfide) groups is 1. The van der Waals surface area contributed by atoms with E-state index in [9.17, 15) is 4.79 Å². The topological polar surface area (TPSA) is 67.2 Å². The molecule has 1 aromatic rings. The molecule has 2 rings (SSSR count). The summed E-state index contributed by atoms with van der Waals surface area (Å²) in [4.78, 5) is 10.9. The van der Waals surface area contributed by atoms with Crippen LogP contribution in [0.25, 0.3) is 0 Å². The van der Waals surface area contributed by atoms with Crippen LogP contribution in [0.1, 0.15) is 17.5 Å². The Balaban J connectivity index is 2.11. The molecule has 15 heavy (non-hydrogen) atoms. The van der Waals surface area contributed by atoms with Gasteiger partial charge in [0, 0.05) is 13.2 Å². The molecule has 6 heteroatoms. The van der Waals surface area contributed by atoms with Gasteiger partial charge in [-0.1, -0.05) is 0 Å². The maximum Gasteiger partial charge on any atom is 0.320 e. The highest BCUT2D eigenvalue weighted by Crippen LogP contribution is 2.30. The highest BCUT2D eigenvalue weighted by atomic mass is 32.2. The van der Waals surface area contributed by atoms with E-state index in [0.717, 1.165) is 11.4 Å². The van der Waals surface area contributed by atoms with Gasteiger partial charge in [-0.3, -0.25) is 14.8 Å². The van der Waals surface area contributed by atoms with Crippen molar-refractivity contribution in [2.45, 2.75) is 17.8 Å². The Hall–Kier alpha value is -1.01. The highest BCUT2D eigenvalue weighted by molar-refractivity contribution is 7.99. The molecule has 82 valence electrons. The fourth-order valence-electron chi connectivity index (χ4n) is 1.62. The molecule has 0 spiro atoms. The van der Waals surface area contributed by atoms with Gasteiger partial charge in [-0.2, -0.15) is 5.10 Å². The lowest BCUT2D eigenvalue weighted by Gasteiger charge is -2.28. The van der Waals surface area contributed by atoms with Gasteiger partial charge in [-0.15, -0.1) is 11.8 Å². The number of aliphatic carboxylic acids is 1. The number of aryl methyl sites for hydroxylation is 1. The van der Waals surface area contributed by atoms with E-state index in [2.05, 4.69) is 10.4 Å². The van der Waals surface area contributed by atoms with Gasteiger partial charge in [0.15, 0.2) is 0 Å². The van der Waals surface area contributed by atoms with Gasteiger partial charge in [-0.05, 0) is 18.2 Å². The monoisotopic (exact) mass is 227 g/mol. The normalized spacial score (nSPS) is 26.5. The summed E-state index contributed by atoms with van der Waals surface area (Å²) in [5.74, 6) is 0.0854. The zero-order valence-corrected chi connectivity index (χ0v) is 9.20. The summed E-state index contributed by atoms with van der Waals surface area (Å²) in [5.41, 5.74) is 1.02. The van der Waals surface area contributed by atoms with Crippen molar-refractivity contribution in [1.82, 2.24) is 15.1 Å².